The molecule has 0 spiro atoms. The summed E-state index contributed by atoms with van der Waals surface area (Å²) in [7, 11) is 1.30. The van der Waals surface area contributed by atoms with Crippen LogP contribution in [0.3, 0.4) is 0 Å². The number of rotatable bonds is 2. The van der Waals surface area contributed by atoms with E-state index in [1.165, 1.54) is 7.11 Å². The number of carbonyl (C=O) groups excluding carboxylic acids is 1. The van der Waals surface area contributed by atoms with E-state index >= 15 is 0 Å². The summed E-state index contributed by atoms with van der Waals surface area (Å²) in [5.41, 5.74) is 8.10. The summed E-state index contributed by atoms with van der Waals surface area (Å²) in [5, 5.41) is 3.44. The Hall–Kier alpha value is -1.26. The number of nitrogens with zero attached hydrogens (tertiary/aromatic N) is 3. The van der Waals surface area contributed by atoms with Crippen molar-refractivity contribution in [2.45, 2.75) is 18.6 Å². The lowest BCUT2D eigenvalue weighted by Crippen LogP contribution is -2.20. The molecule has 6 nitrogen and oxygen atoms in total. The van der Waals surface area contributed by atoms with E-state index in [0.29, 0.717) is 13.0 Å². The second-order valence-corrected chi connectivity index (χ2v) is 2.44. The van der Waals surface area contributed by atoms with Crippen LogP contribution in [0.25, 0.3) is 10.4 Å². The fourth-order valence-electron chi connectivity index (χ4n) is 1.06. The minimum atomic E-state index is -0.564. The molecule has 0 amide bonds. The van der Waals surface area contributed by atoms with Crippen molar-refractivity contribution in [3.63, 3.8) is 0 Å². The van der Waals surface area contributed by atoms with E-state index in [0.717, 1.165) is 0 Å². The standard InChI is InChI=1S/C6H9N3O3/c1-11-6(10)5-2-4(3-12-5)8-9-7/h4-5H,2-3H2,1H3/t4-,5-/m1/s1. The molecule has 0 aliphatic carbocycles. The third-order valence-corrected chi connectivity index (χ3v) is 1.65. The van der Waals surface area contributed by atoms with Crippen molar-refractivity contribution in [3.05, 3.63) is 10.4 Å². The van der Waals surface area contributed by atoms with Gasteiger partial charge in [-0.2, -0.15) is 0 Å². The quantitative estimate of drug-likeness (QED) is 0.264. The van der Waals surface area contributed by atoms with Gasteiger partial charge < -0.3 is 9.47 Å². The average Bonchev–Trinajstić information content (AvgIpc) is 2.52. The highest BCUT2D eigenvalue weighted by molar-refractivity contribution is 5.74. The zero-order chi connectivity index (χ0) is 8.97. The molecule has 0 aromatic heterocycles. The minimum Gasteiger partial charge on any atom is -0.467 e. The molecule has 12 heavy (non-hydrogen) atoms. The Labute approximate surface area is 69.1 Å². The molecule has 1 aliphatic rings. The summed E-state index contributed by atoms with van der Waals surface area (Å²) in [6.45, 7) is 0.295. The Morgan fingerprint density at radius 3 is 3.17 bits per heavy atom. The highest BCUT2D eigenvalue weighted by Gasteiger charge is 2.30. The first-order valence-electron chi connectivity index (χ1n) is 3.51. The van der Waals surface area contributed by atoms with Gasteiger partial charge in [0.05, 0.1) is 19.8 Å². The Balaban J connectivity index is 2.45. The lowest BCUT2D eigenvalue weighted by atomic mass is 10.2. The SMILES string of the molecule is COC(=O)[C@H]1C[C@@H](N=[N+]=[N-])CO1. The zero-order valence-electron chi connectivity index (χ0n) is 6.64. The van der Waals surface area contributed by atoms with E-state index in [1.807, 2.05) is 0 Å². The van der Waals surface area contributed by atoms with Gasteiger partial charge in [-0.15, -0.1) is 0 Å². The van der Waals surface area contributed by atoms with Gasteiger partial charge in [-0.3, -0.25) is 0 Å². The molecule has 0 radical (unpaired) electrons. The van der Waals surface area contributed by atoms with Crippen LogP contribution < -0.4 is 0 Å². The fourth-order valence-corrected chi connectivity index (χ4v) is 1.06. The molecule has 0 N–H and O–H groups in total. The third kappa shape index (κ3) is 1.87. The van der Waals surface area contributed by atoms with Crippen LogP contribution in [0.4, 0.5) is 0 Å². The molecule has 1 aliphatic heterocycles. The summed E-state index contributed by atoms with van der Waals surface area (Å²) >= 11 is 0. The normalized spacial score (nSPS) is 27.8. The van der Waals surface area contributed by atoms with Crippen LogP contribution in [0.15, 0.2) is 5.11 Å². The first-order valence-corrected chi connectivity index (χ1v) is 3.51. The van der Waals surface area contributed by atoms with Crippen molar-refractivity contribution in [1.82, 2.24) is 0 Å². The maximum atomic E-state index is 10.9. The molecule has 2 atom stereocenters. The molecule has 1 rings (SSSR count). The highest BCUT2D eigenvalue weighted by Crippen LogP contribution is 2.17. The van der Waals surface area contributed by atoms with Gasteiger partial charge in [0.25, 0.3) is 0 Å². The lowest BCUT2D eigenvalue weighted by Gasteiger charge is -2.04. The highest BCUT2D eigenvalue weighted by atomic mass is 16.6. The van der Waals surface area contributed by atoms with Gasteiger partial charge in [0.15, 0.2) is 6.10 Å². The van der Waals surface area contributed by atoms with E-state index < -0.39 is 12.1 Å². The summed E-state index contributed by atoms with van der Waals surface area (Å²) in [5.74, 6) is -0.411. The summed E-state index contributed by atoms with van der Waals surface area (Å²) in [4.78, 5) is 13.5. The number of hydrogen-bond donors (Lipinski definition) is 0. The van der Waals surface area contributed by atoms with Crippen LogP contribution in [0, 0.1) is 0 Å². The second-order valence-electron chi connectivity index (χ2n) is 2.44. The molecule has 1 fully saturated rings. The number of carbonyl (C=O) groups is 1. The van der Waals surface area contributed by atoms with Crippen LogP contribution in [-0.4, -0.2) is 31.8 Å². The van der Waals surface area contributed by atoms with Crippen molar-refractivity contribution >= 4 is 5.97 Å². The summed E-state index contributed by atoms with van der Waals surface area (Å²) in [6.07, 6.45) is -0.151. The Morgan fingerprint density at radius 2 is 2.58 bits per heavy atom. The molecule has 66 valence electrons. The van der Waals surface area contributed by atoms with Crippen molar-refractivity contribution in [2.24, 2.45) is 5.11 Å². The molecule has 0 aromatic rings. The van der Waals surface area contributed by atoms with E-state index in [9.17, 15) is 4.79 Å². The zero-order valence-corrected chi connectivity index (χ0v) is 6.64. The Morgan fingerprint density at radius 1 is 1.83 bits per heavy atom. The number of esters is 1. The maximum absolute atomic E-state index is 10.9. The van der Waals surface area contributed by atoms with Crippen molar-refractivity contribution in [1.29, 1.82) is 0 Å². The largest absolute Gasteiger partial charge is 0.467 e. The van der Waals surface area contributed by atoms with Crippen LogP contribution in [0.2, 0.25) is 0 Å². The predicted octanol–water partition coefficient (Wildman–Crippen LogP) is 0.627. The van der Waals surface area contributed by atoms with Gasteiger partial charge in [-0.1, -0.05) is 5.11 Å². The van der Waals surface area contributed by atoms with E-state index in [-0.39, 0.29) is 6.04 Å². The third-order valence-electron chi connectivity index (χ3n) is 1.65. The topological polar surface area (TPSA) is 84.3 Å². The Kier molecular flexibility index (Phi) is 2.90. The van der Waals surface area contributed by atoms with Crippen LogP contribution in [-0.2, 0) is 14.3 Å². The molecule has 0 aromatic carbocycles. The van der Waals surface area contributed by atoms with Gasteiger partial charge in [0.2, 0.25) is 0 Å². The van der Waals surface area contributed by atoms with E-state index in [4.69, 9.17) is 10.3 Å². The van der Waals surface area contributed by atoms with Crippen molar-refractivity contribution in [3.8, 4) is 0 Å². The van der Waals surface area contributed by atoms with Crippen LogP contribution >= 0.6 is 0 Å². The van der Waals surface area contributed by atoms with Crippen LogP contribution in [0.5, 0.6) is 0 Å². The van der Waals surface area contributed by atoms with Gasteiger partial charge in [-0.05, 0) is 12.0 Å². The molecule has 0 bridgehead atoms. The Bertz CT molecular complexity index is 224. The van der Waals surface area contributed by atoms with Crippen molar-refractivity contribution in [2.75, 3.05) is 13.7 Å². The average molecular weight is 171 g/mol. The maximum Gasteiger partial charge on any atom is 0.334 e. The lowest BCUT2D eigenvalue weighted by molar-refractivity contribution is -0.151. The van der Waals surface area contributed by atoms with Crippen LogP contribution in [0.1, 0.15) is 6.42 Å². The first kappa shape index (κ1) is 8.83. The fraction of sp³-hybridized carbons (Fsp3) is 0.833. The summed E-state index contributed by atoms with van der Waals surface area (Å²) < 4.78 is 9.49. The van der Waals surface area contributed by atoms with E-state index in [2.05, 4.69) is 14.8 Å². The molecular formula is C6H9N3O3. The molecule has 6 heteroatoms. The number of hydrogen-bond acceptors (Lipinski definition) is 4. The minimum absolute atomic E-state index is 0.237. The molecule has 0 saturated carbocycles. The molecule has 1 saturated heterocycles. The first-order chi connectivity index (χ1) is 5.77. The monoisotopic (exact) mass is 171 g/mol. The van der Waals surface area contributed by atoms with Gasteiger partial charge in [0, 0.05) is 4.91 Å². The predicted molar refractivity (Wildman–Crippen MR) is 39.3 cm³/mol. The number of ether oxygens (including phenoxy) is 2. The van der Waals surface area contributed by atoms with E-state index in [1.54, 1.807) is 0 Å². The van der Waals surface area contributed by atoms with Gasteiger partial charge in [0.1, 0.15) is 0 Å². The number of azide groups is 1. The number of methoxy groups -OCH3 is 1. The van der Waals surface area contributed by atoms with Crippen molar-refractivity contribution < 1.29 is 14.3 Å². The molecule has 1 heterocycles. The summed E-state index contributed by atoms with van der Waals surface area (Å²) in [6, 6.07) is -0.237. The smallest absolute Gasteiger partial charge is 0.334 e. The van der Waals surface area contributed by atoms with Gasteiger partial charge >= 0.3 is 5.97 Å². The van der Waals surface area contributed by atoms with Gasteiger partial charge in [-0.25, -0.2) is 4.79 Å². The second kappa shape index (κ2) is 3.94. The molecular weight excluding hydrogens is 162 g/mol. The molecule has 0 unspecified atom stereocenters.